The van der Waals surface area contributed by atoms with E-state index in [0.29, 0.717) is 12.5 Å². The van der Waals surface area contributed by atoms with Gasteiger partial charge in [-0.15, -0.1) is 0 Å². The standard InChI is InChI=1S/C22H28N2O2/c1-3-22-11-7-12-23-13-10-16-15-8-5-6-9-17(15)24(19(16)20(22)23)18(14-22)21(25)26-4-2/h5-6,8-9,16,18H,3-4,7,10-14H2,1-2H3/t16?,18-,22+/m1/s1. The summed E-state index contributed by atoms with van der Waals surface area (Å²) in [5, 5.41) is 0. The maximum Gasteiger partial charge on any atom is 0.329 e. The smallest absolute Gasteiger partial charge is 0.329 e. The Hall–Kier alpha value is -1.97. The Morgan fingerprint density at radius 1 is 1.27 bits per heavy atom. The maximum absolute atomic E-state index is 13.0. The molecule has 138 valence electrons. The Morgan fingerprint density at radius 3 is 2.92 bits per heavy atom. The number of hydrogen-bond acceptors (Lipinski definition) is 4. The zero-order valence-corrected chi connectivity index (χ0v) is 15.8. The highest BCUT2D eigenvalue weighted by Crippen LogP contribution is 2.60. The van der Waals surface area contributed by atoms with Gasteiger partial charge in [0.25, 0.3) is 0 Å². The molecule has 4 aliphatic heterocycles. The van der Waals surface area contributed by atoms with Crippen LogP contribution in [-0.2, 0) is 9.53 Å². The van der Waals surface area contributed by atoms with Crippen LogP contribution in [0.4, 0.5) is 5.69 Å². The second-order valence-corrected chi connectivity index (χ2v) is 8.20. The molecule has 0 amide bonds. The minimum absolute atomic E-state index is 0.0509. The molecular weight excluding hydrogens is 324 g/mol. The van der Waals surface area contributed by atoms with Gasteiger partial charge in [0, 0.05) is 41.5 Å². The molecule has 1 unspecified atom stereocenters. The van der Waals surface area contributed by atoms with Gasteiger partial charge in [-0.25, -0.2) is 4.79 Å². The highest BCUT2D eigenvalue weighted by atomic mass is 16.5. The van der Waals surface area contributed by atoms with Crippen molar-refractivity contribution >= 4 is 11.7 Å². The third-order valence-corrected chi connectivity index (χ3v) is 7.12. The molecule has 0 N–H and O–H groups in total. The number of esters is 1. The van der Waals surface area contributed by atoms with E-state index in [4.69, 9.17) is 4.74 Å². The largest absolute Gasteiger partial charge is 0.464 e. The zero-order chi connectivity index (χ0) is 17.9. The lowest BCUT2D eigenvalue weighted by Crippen LogP contribution is -2.56. The molecule has 4 aliphatic rings. The summed E-state index contributed by atoms with van der Waals surface area (Å²) in [7, 11) is 0. The van der Waals surface area contributed by atoms with Gasteiger partial charge in [-0.05, 0) is 50.7 Å². The Morgan fingerprint density at radius 2 is 2.12 bits per heavy atom. The van der Waals surface area contributed by atoms with Gasteiger partial charge in [0.05, 0.1) is 6.61 Å². The number of para-hydroxylation sites is 1. The predicted octanol–water partition coefficient (Wildman–Crippen LogP) is 4.03. The molecular formula is C22H28N2O2. The van der Waals surface area contributed by atoms with Crippen molar-refractivity contribution in [2.45, 2.75) is 57.9 Å². The predicted molar refractivity (Wildman–Crippen MR) is 102 cm³/mol. The van der Waals surface area contributed by atoms with E-state index >= 15 is 0 Å². The molecule has 0 saturated carbocycles. The van der Waals surface area contributed by atoms with E-state index in [1.54, 1.807) is 5.70 Å². The van der Waals surface area contributed by atoms with Crippen molar-refractivity contribution in [3.63, 3.8) is 0 Å². The number of piperidine rings is 1. The molecule has 0 aliphatic carbocycles. The van der Waals surface area contributed by atoms with Gasteiger partial charge in [0.1, 0.15) is 6.04 Å². The van der Waals surface area contributed by atoms with Crippen LogP contribution in [0.1, 0.15) is 57.4 Å². The Kier molecular flexibility index (Phi) is 3.60. The summed E-state index contributed by atoms with van der Waals surface area (Å²) >= 11 is 0. The van der Waals surface area contributed by atoms with Crippen LogP contribution >= 0.6 is 0 Å². The molecule has 0 spiro atoms. The second-order valence-electron chi connectivity index (χ2n) is 8.20. The summed E-state index contributed by atoms with van der Waals surface area (Å²) < 4.78 is 5.54. The zero-order valence-electron chi connectivity index (χ0n) is 15.8. The summed E-state index contributed by atoms with van der Waals surface area (Å²) in [5.74, 6) is 0.392. The lowest BCUT2D eigenvalue weighted by Gasteiger charge is -2.55. The van der Waals surface area contributed by atoms with Crippen molar-refractivity contribution in [1.29, 1.82) is 0 Å². The quantitative estimate of drug-likeness (QED) is 0.769. The molecule has 1 aromatic carbocycles. The number of allylic oxidation sites excluding steroid dienone is 2. The van der Waals surface area contributed by atoms with E-state index in [1.165, 1.54) is 36.3 Å². The van der Waals surface area contributed by atoms with Crippen LogP contribution in [0.2, 0.25) is 0 Å². The molecule has 0 aromatic heterocycles. The molecule has 3 atom stereocenters. The van der Waals surface area contributed by atoms with E-state index in [0.717, 1.165) is 25.8 Å². The number of carbonyl (C=O) groups excluding carboxylic acids is 1. The van der Waals surface area contributed by atoms with E-state index < -0.39 is 0 Å². The maximum atomic E-state index is 13.0. The molecule has 4 heterocycles. The second kappa shape index (κ2) is 5.77. The van der Waals surface area contributed by atoms with E-state index in [2.05, 4.69) is 41.0 Å². The van der Waals surface area contributed by atoms with Crippen molar-refractivity contribution in [2.24, 2.45) is 5.41 Å². The van der Waals surface area contributed by atoms with Gasteiger partial charge in [0.15, 0.2) is 0 Å². The minimum Gasteiger partial charge on any atom is -0.464 e. The van der Waals surface area contributed by atoms with Crippen molar-refractivity contribution < 1.29 is 9.53 Å². The third kappa shape index (κ3) is 1.99. The Labute approximate surface area is 155 Å². The van der Waals surface area contributed by atoms with Gasteiger partial charge in [-0.2, -0.15) is 0 Å². The van der Waals surface area contributed by atoms with Crippen LogP contribution in [-0.4, -0.2) is 36.6 Å². The molecule has 1 saturated heterocycles. The number of fused-ring (bicyclic) bond motifs is 3. The van der Waals surface area contributed by atoms with Crippen LogP contribution in [0.25, 0.3) is 0 Å². The van der Waals surface area contributed by atoms with Gasteiger partial charge in [0.2, 0.25) is 0 Å². The molecule has 26 heavy (non-hydrogen) atoms. The topological polar surface area (TPSA) is 32.8 Å². The summed E-state index contributed by atoms with van der Waals surface area (Å²) in [5.41, 5.74) is 5.75. The summed E-state index contributed by atoms with van der Waals surface area (Å²) in [6.07, 6.45) is 5.58. The number of benzene rings is 1. The average Bonchev–Trinajstić information content (AvgIpc) is 3.02. The highest BCUT2D eigenvalue weighted by Gasteiger charge is 2.56. The van der Waals surface area contributed by atoms with Gasteiger partial charge >= 0.3 is 5.97 Å². The molecule has 1 aromatic rings. The first-order chi connectivity index (χ1) is 12.7. The highest BCUT2D eigenvalue weighted by molar-refractivity contribution is 5.86. The van der Waals surface area contributed by atoms with Gasteiger partial charge in [-0.3, -0.25) is 0 Å². The number of nitrogens with zero attached hydrogens (tertiary/aromatic N) is 2. The third-order valence-electron chi connectivity index (χ3n) is 7.12. The summed E-state index contributed by atoms with van der Waals surface area (Å²) in [4.78, 5) is 18.0. The molecule has 0 bridgehead atoms. The number of rotatable bonds is 3. The number of anilines is 1. The fourth-order valence-corrected chi connectivity index (χ4v) is 6.05. The van der Waals surface area contributed by atoms with Crippen molar-refractivity contribution in [3.05, 3.63) is 41.2 Å². The molecule has 5 rings (SSSR count). The molecule has 4 heteroatoms. The van der Waals surface area contributed by atoms with Crippen molar-refractivity contribution in [2.75, 3.05) is 24.6 Å². The first kappa shape index (κ1) is 16.2. The fraction of sp³-hybridized carbons (Fsp3) is 0.591. The molecule has 0 radical (unpaired) electrons. The van der Waals surface area contributed by atoms with Crippen LogP contribution in [0.3, 0.4) is 0 Å². The van der Waals surface area contributed by atoms with E-state index in [9.17, 15) is 4.79 Å². The first-order valence-corrected chi connectivity index (χ1v) is 10.2. The average molecular weight is 352 g/mol. The van der Waals surface area contributed by atoms with Crippen LogP contribution in [0, 0.1) is 5.41 Å². The van der Waals surface area contributed by atoms with Crippen LogP contribution in [0.15, 0.2) is 35.7 Å². The van der Waals surface area contributed by atoms with Crippen LogP contribution < -0.4 is 4.90 Å². The van der Waals surface area contributed by atoms with Crippen LogP contribution in [0.5, 0.6) is 0 Å². The molecule has 1 fully saturated rings. The van der Waals surface area contributed by atoms with E-state index in [-0.39, 0.29) is 17.4 Å². The Balaban J connectivity index is 1.74. The number of carbonyl (C=O) groups is 1. The molecule has 4 nitrogen and oxygen atoms in total. The minimum atomic E-state index is -0.183. The van der Waals surface area contributed by atoms with Gasteiger partial charge < -0.3 is 14.5 Å². The van der Waals surface area contributed by atoms with Crippen molar-refractivity contribution in [1.82, 2.24) is 4.90 Å². The lowest BCUT2D eigenvalue weighted by molar-refractivity contribution is -0.146. The fourth-order valence-electron chi connectivity index (χ4n) is 6.05. The monoisotopic (exact) mass is 352 g/mol. The summed E-state index contributed by atoms with van der Waals surface area (Å²) in [6.45, 7) is 6.98. The SMILES string of the molecule is CCOC(=O)[C@H]1C[C@]2(CC)CCCN3CCC4C(=C32)N1c1ccccc14. The number of hydrogen-bond donors (Lipinski definition) is 0. The van der Waals surface area contributed by atoms with Crippen molar-refractivity contribution in [3.8, 4) is 0 Å². The number of ether oxygens (including phenoxy) is 1. The van der Waals surface area contributed by atoms with E-state index in [1.807, 2.05) is 6.92 Å². The first-order valence-electron chi connectivity index (χ1n) is 10.2. The lowest BCUT2D eigenvalue weighted by atomic mass is 9.65. The summed E-state index contributed by atoms with van der Waals surface area (Å²) in [6, 6.07) is 8.52. The normalized spacial score (nSPS) is 31.6. The Bertz CT molecular complexity index is 786. The van der Waals surface area contributed by atoms with Gasteiger partial charge in [-0.1, -0.05) is 25.1 Å².